The lowest BCUT2D eigenvalue weighted by atomic mass is 10.1. The van der Waals surface area contributed by atoms with Crippen LogP contribution in [0.15, 0.2) is 18.2 Å². The summed E-state index contributed by atoms with van der Waals surface area (Å²) in [6, 6.07) is 4.75. The maximum atomic E-state index is 11.8. The topological polar surface area (TPSA) is 83.5 Å². The Labute approximate surface area is 106 Å². The molecule has 1 fully saturated rings. The maximum absolute atomic E-state index is 11.8. The van der Waals surface area contributed by atoms with Crippen LogP contribution in [-0.2, 0) is 10.0 Å². The van der Waals surface area contributed by atoms with Crippen molar-refractivity contribution in [2.75, 3.05) is 10.5 Å². The van der Waals surface area contributed by atoms with Crippen LogP contribution in [0.25, 0.3) is 0 Å². The van der Waals surface area contributed by atoms with Crippen molar-refractivity contribution < 1.29 is 18.3 Å². The van der Waals surface area contributed by atoms with Gasteiger partial charge in [0.05, 0.1) is 17.0 Å². The third-order valence-corrected chi connectivity index (χ3v) is 4.35. The first-order valence-corrected chi connectivity index (χ1v) is 7.37. The molecule has 0 saturated heterocycles. The first-order chi connectivity index (χ1) is 8.39. The Kier molecular flexibility index (Phi) is 3.30. The molecule has 0 radical (unpaired) electrons. The van der Waals surface area contributed by atoms with E-state index in [9.17, 15) is 13.2 Å². The number of sulfonamides is 1. The molecule has 0 unspecified atom stereocenters. The molecule has 2 N–H and O–H groups in total. The second kappa shape index (κ2) is 4.61. The van der Waals surface area contributed by atoms with E-state index in [-0.39, 0.29) is 22.9 Å². The Morgan fingerprint density at radius 1 is 1.44 bits per heavy atom. The van der Waals surface area contributed by atoms with Gasteiger partial charge in [-0.2, -0.15) is 0 Å². The quantitative estimate of drug-likeness (QED) is 0.854. The molecule has 0 spiro atoms. The maximum Gasteiger partial charge on any atom is 0.338 e. The number of anilines is 1. The second-order valence-corrected chi connectivity index (χ2v) is 6.40. The first kappa shape index (κ1) is 12.9. The Morgan fingerprint density at radius 2 is 2.11 bits per heavy atom. The number of hydrogen-bond acceptors (Lipinski definition) is 3. The van der Waals surface area contributed by atoms with E-state index >= 15 is 0 Å². The van der Waals surface area contributed by atoms with Crippen LogP contribution >= 0.6 is 0 Å². The largest absolute Gasteiger partial charge is 0.478 e. The number of carbonyl (C=O) groups is 1. The van der Waals surface area contributed by atoms with E-state index in [1.165, 1.54) is 6.07 Å². The molecule has 1 aliphatic rings. The van der Waals surface area contributed by atoms with Crippen molar-refractivity contribution in [3.05, 3.63) is 29.3 Å². The van der Waals surface area contributed by atoms with Crippen molar-refractivity contribution in [1.29, 1.82) is 0 Å². The number of aromatic carboxylic acids is 1. The molecule has 0 amide bonds. The van der Waals surface area contributed by atoms with Crippen molar-refractivity contribution in [1.82, 2.24) is 0 Å². The normalized spacial score (nSPS) is 15.4. The minimum absolute atomic E-state index is 0.0110. The van der Waals surface area contributed by atoms with Gasteiger partial charge in [0.2, 0.25) is 10.0 Å². The minimum Gasteiger partial charge on any atom is -0.478 e. The molecule has 1 aromatic carbocycles. The molecule has 6 heteroatoms. The smallest absolute Gasteiger partial charge is 0.338 e. The molecule has 1 aromatic rings. The fourth-order valence-corrected chi connectivity index (χ4v) is 3.38. The predicted molar refractivity (Wildman–Crippen MR) is 68.3 cm³/mol. The molecule has 0 aromatic heterocycles. The SMILES string of the molecule is Cc1cccc(NS(=O)(=O)CC2CC2)c1C(=O)O. The lowest BCUT2D eigenvalue weighted by Gasteiger charge is -2.11. The molecule has 0 aliphatic heterocycles. The highest BCUT2D eigenvalue weighted by Crippen LogP contribution is 2.31. The Balaban J connectivity index is 2.28. The Hall–Kier alpha value is -1.56. The highest BCUT2D eigenvalue weighted by Gasteiger charge is 2.28. The minimum atomic E-state index is -3.46. The molecule has 0 heterocycles. The zero-order valence-electron chi connectivity index (χ0n) is 10.0. The summed E-state index contributed by atoms with van der Waals surface area (Å²) in [6.45, 7) is 1.64. The average Bonchev–Trinajstić information content (AvgIpc) is 2.99. The van der Waals surface area contributed by atoms with E-state index in [4.69, 9.17) is 5.11 Å². The first-order valence-electron chi connectivity index (χ1n) is 5.72. The number of aryl methyl sites for hydroxylation is 1. The Bertz CT molecular complexity index is 576. The van der Waals surface area contributed by atoms with Crippen LogP contribution in [0.2, 0.25) is 0 Å². The molecule has 0 atom stereocenters. The van der Waals surface area contributed by atoms with Gasteiger partial charge in [-0.15, -0.1) is 0 Å². The fraction of sp³-hybridized carbons (Fsp3) is 0.417. The lowest BCUT2D eigenvalue weighted by Crippen LogP contribution is -2.20. The summed E-state index contributed by atoms with van der Waals surface area (Å²) in [5.74, 6) is -0.835. The molecule has 98 valence electrons. The molecule has 5 nitrogen and oxygen atoms in total. The van der Waals surface area contributed by atoms with Gasteiger partial charge in [-0.25, -0.2) is 13.2 Å². The molecular weight excluding hydrogens is 254 g/mol. The number of carboxylic acids is 1. The van der Waals surface area contributed by atoms with Gasteiger partial charge >= 0.3 is 5.97 Å². The Morgan fingerprint density at radius 3 is 2.67 bits per heavy atom. The zero-order chi connectivity index (χ0) is 13.3. The van der Waals surface area contributed by atoms with E-state index < -0.39 is 16.0 Å². The van der Waals surface area contributed by atoms with Crippen LogP contribution in [0.5, 0.6) is 0 Å². The van der Waals surface area contributed by atoms with Crippen LogP contribution in [0.4, 0.5) is 5.69 Å². The molecule has 1 saturated carbocycles. The van der Waals surface area contributed by atoms with Gasteiger partial charge in [0.15, 0.2) is 0 Å². The van der Waals surface area contributed by atoms with Crippen molar-refractivity contribution >= 4 is 21.7 Å². The number of carboxylic acid groups (broad SMARTS) is 1. The summed E-state index contributed by atoms with van der Waals surface area (Å²) in [5, 5.41) is 9.10. The number of hydrogen-bond donors (Lipinski definition) is 2. The second-order valence-electron chi connectivity index (χ2n) is 4.63. The fourth-order valence-electron chi connectivity index (χ4n) is 1.84. The van der Waals surface area contributed by atoms with E-state index in [0.29, 0.717) is 5.56 Å². The van der Waals surface area contributed by atoms with E-state index in [0.717, 1.165) is 12.8 Å². The summed E-state index contributed by atoms with van der Waals surface area (Å²) in [4.78, 5) is 11.1. The van der Waals surface area contributed by atoms with Gasteiger partial charge in [-0.05, 0) is 37.3 Å². The van der Waals surface area contributed by atoms with E-state index in [2.05, 4.69) is 4.72 Å². The molecule has 0 bridgehead atoms. The van der Waals surface area contributed by atoms with Crippen LogP contribution in [0.3, 0.4) is 0 Å². The van der Waals surface area contributed by atoms with Crippen LogP contribution in [-0.4, -0.2) is 25.2 Å². The van der Waals surface area contributed by atoms with Crippen molar-refractivity contribution in [2.24, 2.45) is 5.92 Å². The van der Waals surface area contributed by atoms with E-state index in [1.54, 1.807) is 19.1 Å². The van der Waals surface area contributed by atoms with Crippen molar-refractivity contribution in [3.8, 4) is 0 Å². The lowest BCUT2D eigenvalue weighted by molar-refractivity contribution is 0.0697. The van der Waals surface area contributed by atoms with Gasteiger partial charge in [-0.3, -0.25) is 4.72 Å². The number of nitrogens with one attached hydrogen (secondary N) is 1. The summed E-state index contributed by atoms with van der Waals surface area (Å²) in [5.41, 5.74) is 0.689. The molecule has 18 heavy (non-hydrogen) atoms. The highest BCUT2D eigenvalue weighted by molar-refractivity contribution is 7.92. The monoisotopic (exact) mass is 269 g/mol. The molecule has 1 aliphatic carbocycles. The van der Waals surface area contributed by atoms with Crippen LogP contribution in [0, 0.1) is 12.8 Å². The summed E-state index contributed by atoms with van der Waals surface area (Å²) >= 11 is 0. The van der Waals surface area contributed by atoms with E-state index in [1.807, 2.05) is 0 Å². The molecular formula is C12H15NO4S. The van der Waals surface area contributed by atoms with Gasteiger partial charge < -0.3 is 5.11 Å². The average molecular weight is 269 g/mol. The van der Waals surface area contributed by atoms with Gasteiger partial charge in [0.1, 0.15) is 0 Å². The van der Waals surface area contributed by atoms with Gasteiger partial charge in [0.25, 0.3) is 0 Å². The highest BCUT2D eigenvalue weighted by atomic mass is 32.2. The van der Waals surface area contributed by atoms with Crippen molar-refractivity contribution in [3.63, 3.8) is 0 Å². The third kappa shape index (κ3) is 3.01. The number of benzene rings is 1. The van der Waals surface area contributed by atoms with Gasteiger partial charge in [-0.1, -0.05) is 12.1 Å². The van der Waals surface area contributed by atoms with Crippen molar-refractivity contribution in [2.45, 2.75) is 19.8 Å². The van der Waals surface area contributed by atoms with Crippen LogP contribution in [0.1, 0.15) is 28.8 Å². The standard InChI is InChI=1S/C12H15NO4S/c1-8-3-2-4-10(11(8)12(14)15)13-18(16,17)7-9-5-6-9/h2-4,9,13H,5-7H2,1H3,(H,14,15). The summed E-state index contributed by atoms with van der Waals surface area (Å²) in [7, 11) is -3.46. The summed E-state index contributed by atoms with van der Waals surface area (Å²) < 4.78 is 26.0. The zero-order valence-corrected chi connectivity index (χ0v) is 10.8. The predicted octanol–water partition coefficient (Wildman–Crippen LogP) is 1.84. The van der Waals surface area contributed by atoms with Crippen LogP contribution < -0.4 is 4.72 Å². The van der Waals surface area contributed by atoms with Gasteiger partial charge in [0, 0.05) is 0 Å². The number of rotatable bonds is 5. The third-order valence-electron chi connectivity index (χ3n) is 2.90. The summed E-state index contributed by atoms with van der Waals surface area (Å²) in [6.07, 6.45) is 1.86. The molecule has 2 rings (SSSR count).